The number of hydrogen-bond donors (Lipinski definition) is 0. The Balaban J connectivity index is 2.39. The Hall–Kier alpha value is -2.62. The van der Waals surface area contributed by atoms with Gasteiger partial charge in [0.25, 0.3) is 0 Å². The van der Waals surface area contributed by atoms with Crippen molar-refractivity contribution >= 4 is 34.2 Å². The van der Waals surface area contributed by atoms with Gasteiger partial charge >= 0.3 is 6.09 Å². The summed E-state index contributed by atoms with van der Waals surface area (Å²) in [6.45, 7) is 5.46. The van der Waals surface area contributed by atoms with E-state index in [2.05, 4.69) is 0 Å². The van der Waals surface area contributed by atoms with Gasteiger partial charge in [-0.05, 0) is 32.9 Å². The number of rotatable bonds is 1. The quantitative estimate of drug-likeness (QED) is 0.625. The number of aromatic nitrogens is 1. The van der Waals surface area contributed by atoms with Crippen molar-refractivity contribution in [3.05, 3.63) is 48.0 Å². The molecule has 1 heterocycles. The summed E-state index contributed by atoms with van der Waals surface area (Å²) in [5, 5.41) is 1.79. The van der Waals surface area contributed by atoms with E-state index in [9.17, 15) is 9.59 Å². The SMILES string of the molecule is CC(C)(C)OC(=O)n1c2ccccc2c2cccc(C=O)c21. The molecule has 0 radical (unpaired) electrons. The second-order valence-corrected chi connectivity index (χ2v) is 6.19. The zero-order valence-corrected chi connectivity index (χ0v) is 12.8. The Morgan fingerprint density at radius 2 is 1.73 bits per heavy atom. The highest BCUT2D eigenvalue weighted by molar-refractivity contribution is 6.16. The van der Waals surface area contributed by atoms with Gasteiger partial charge in [-0.3, -0.25) is 4.79 Å². The third-order valence-corrected chi connectivity index (χ3v) is 3.43. The zero-order valence-electron chi connectivity index (χ0n) is 12.8. The number of ether oxygens (including phenoxy) is 1. The van der Waals surface area contributed by atoms with Gasteiger partial charge in [-0.2, -0.15) is 0 Å². The number of aldehydes is 1. The van der Waals surface area contributed by atoms with Gasteiger partial charge in [-0.25, -0.2) is 9.36 Å². The molecule has 0 amide bonds. The molecule has 0 bridgehead atoms. The Bertz CT molecular complexity index is 884. The maximum Gasteiger partial charge on any atom is 0.419 e. The van der Waals surface area contributed by atoms with Crippen molar-refractivity contribution in [1.29, 1.82) is 0 Å². The van der Waals surface area contributed by atoms with Crippen LogP contribution in [0.1, 0.15) is 31.1 Å². The number of para-hydroxylation sites is 2. The van der Waals surface area contributed by atoms with Crippen LogP contribution < -0.4 is 0 Å². The maximum absolute atomic E-state index is 12.6. The molecule has 0 unspecified atom stereocenters. The lowest BCUT2D eigenvalue weighted by Gasteiger charge is -2.20. The number of benzene rings is 2. The van der Waals surface area contributed by atoms with E-state index in [1.54, 1.807) is 6.07 Å². The molecular formula is C18H17NO3. The van der Waals surface area contributed by atoms with Crippen LogP contribution in [-0.2, 0) is 4.74 Å². The normalized spacial score (nSPS) is 11.8. The van der Waals surface area contributed by atoms with Crippen molar-refractivity contribution in [2.45, 2.75) is 26.4 Å². The van der Waals surface area contributed by atoms with Gasteiger partial charge in [-0.1, -0.05) is 30.3 Å². The molecule has 0 saturated carbocycles. The van der Waals surface area contributed by atoms with Crippen LogP contribution in [0.25, 0.3) is 21.8 Å². The average Bonchev–Trinajstić information content (AvgIpc) is 2.80. The molecule has 0 atom stereocenters. The first kappa shape index (κ1) is 14.3. The van der Waals surface area contributed by atoms with Crippen LogP contribution >= 0.6 is 0 Å². The van der Waals surface area contributed by atoms with E-state index in [0.717, 1.165) is 22.6 Å². The molecule has 0 fully saturated rings. The Kier molecular flexibility index (Phi) is 3.24. The summed E-state index contributed by atoms with van der Waals surface area (Å²) in [6, 6.07) is 13.0. The fraction of sp³-hybridized carbons (Fsp3) is 0.222. The Morgan fingerprint density at radius 3 is 2.41 bits per heavy atom. The van der Waals surface area contributed by atoms with Crippen molar-refractivity contribution < 1.29 is 14.3 Å². The van der Waals surface area contributed by atoms with Gasteiger partial charge in [0, 0.05) is 16.3 Å². The topological polar surface area (TPSA) is 48.3 Å². The summed E-state index contributed by atoms with van der Waals surface area (Å²) in [6.07, 6.45) is 0.287. The van der Waals surface area contributed by atoms with E-state index in [1.165, 1.54) is 4.57 Å². The summed E-state index contributed by atoms with van der Waals surface area (Å²) in [5.74, 6) is 0. The highest BCUT2D eigenvalue weighted by Crippen LogP contribution is 2.31. The van der Waals surface area contributed by atoms with Crippen LogP contribution in [0.5, 0.6) is 0 Å². The standard InChI is InChI=1S/C18H17NO3/c1-18(2,3)22-17(21)19-15-10-5-4-8-13(15)14-9-6-7-12(11-20)16(14)19/h4-11H,1-3H3. The van der Waals surface area contributed by atoms with E-state index in [0.29, 0.717) is 11.1 Å². The molecule has 0 saturated heterocycles. The molecule has 112 valence electrons. The van der Waals surface area contributed by atoms with Gasteiger partial charge in [0.1, 0.15) is 5.60 Å². The van der Waals surface area contributed by atoms with Gasteiger partial charge in [0.15, 0.2) is 6.29 Å². The first-order valence-corrected chi connectivity index (χ1v) is 7.13. The largest absolute Gasteiger partial charge is 0.443 e. The second-order valence-electron chi connectivity index (χ2n) is 6.19. The molecule has 4 heteroatoms. The number of carbonyl (C=O) groups is 2. The van der Waals surface area contributed by atoms with Crippen LogP contribution in [0.2, 0.25) is 0 Å². The smallest absolute Gasteiger partial charge is 0.419 e. The van der Waals surface area contributed by atoms with E-state index in [4.69, 9.17) is 4.74 Å². The van der Waals surface area contributed by atoms with E-state index in [-0.39, 0.29) is 0 Å². The summed E-state index contributed by atoms with van der Waals surface area (Å²) in [7, 11) is 0. The van der Waals surface area contributed by atoms with Crippen LogP contribution in [0.3, 0.4) is 0 Å². The van der Waals surface area contributed by atoms with Crippen molar-refractivity contribution in [3.8, 4) is 0 Å². The minimum Gasteiger partial charge on any atom is -0.443 e. The Labute approximate surface area is 128 Å². The number of hydrogen-bond acceptors (Lipinski definition) is 3. The predicted octanol–water partition coefficient (Wildman–Crippen LogP) is 4.39. The molecule has 0 aliphatic rings. The van der Waals surface area contributed by atoms with Crippen LogP contribution in [-0.4, -0.2) is 22.5 Å². The molecule has 0 spiro atoms. The van der Waals surface area contributed by atoms with Gasteiger partial charge in [-0.15, -0.1) is 0 Å². The molecule has 0 aliphatic heterocycles. The monoisotopic (exact) mass is 295 g/mol. The third-order valence-electron chi connectivity index (χ3n) is 3.43. The summed E-state index contributed by atoms with van der Waals surface area (Å²) < 4.78 is 6.99. The fourth-order valence-electron chi connectivity index (χ4n) is 2.64. The van der Waals surface area contributed by atoms with Gasteiger partial charge < -0.3 is 4.74 Å². The minimum atomic E-state index is -0.606. The predicted molar refractivity (Wildman–Crippen MR) is 86.5 cm³/mol. The lowest BCUT2D eigenvalue weighted by atomic mass is 10.1. The average molecular weight is 295 g/mol. The van der Waals surface area contributed by atoms with Gasteiger partial charge in [0.2, 0.25) is 0 Å². The zero-order chi connectivity index (χ0) is 15.9. The highest BCUT2D eigenvalue weighted by atomic mass is 16.6. The number of fused-ring (bicyclic) bond motifs is 3. The molecule has 3 rings (SSSR count). The van der Waals surface area contributed by atoms with E-state index in [1.807, 2.05) is 57.2 Å². The molecule has 0 aliphatic carbocycles. The molecule has 1 aromatic heterocycles. The minimum absolute atomic E-state index is 0.472. The van der Waals surface area contributed by atoms with Gasteiger partial charge in [0.05, 0.1) is 11.0 Å². The maximum atomic E-state index is 12.6. The molecule has 4 nitrogen and oxygen atoms in total. The van der Waals surface area contributed by atoms with Crippen molar-refractivity contribution in [3.63, 3.8) is 0 Å². The van der Waals surface area contributed by atoms with Crippen molar-refractivity contribution in [2.24, 2.45) is 0 Å². The molecule has 0 N–H and O–H groups in total. The van der Waals surface area contributed by atoms with Crippen molar-refractivity contribution in [1.82, 2.24) is 4.57 Å². The molecular weight excluding hydrogens is 278 g/mol. The molecule has 22 heavy (non-hydrogen) atoms. The van der Waals surface area contributed by atoms with Crippen molar-refractivity contribution in [2.75, 3.05) is 0 Å². The first-order chi connectivity index (χ1) is 10.4. The summed E-state index contributed by atoms with van der Waals surface area (Å²) in [4.78, 5) is 24.0. The van der Waals surface area contributed by atoms with Crippen LogP contribution in [0, 0.1) is 0 Å². The summed E-state index contributed by atoms with van der Waals surface area (Å²) in [5.41, 5.74) is 1.19. The number of nitrogens with zero attached hydrogens (tertiary/aromatic N) is 1. The second kappa shape index (κ2) is 4.98. The van der Waals surface area contributed by atoms with E-state index < -0.39 is 11.7 Å². The third kappa shape index (κ3) is 2.26. The first-order valence-electron chi connectivity index (χ1n) is 7.13. The molecule has 3 aromatic rings. The molecule has 2 aromatic carbocycles. The summed E-state index contributed by atoms with van der Waals surface area (Å²) >= 11 is 0. The highest BCUT2D eigenvalue weighted by Gasteiger charge is 2.23. The van der Waals surface area contributed by atoms with E-state index >= 15 is 0 Å². The Morgan fingerprint density at radius 1 is 1.05 bits per heavy atom. The van der Waals surface area contributed by atoms with Crippen LogP contribution in [0.4, 0.5) is 4.79 Å². The van der Waals surface area contributed by atoms with Crippen LogP contribution in [0.15, 0.2) is 42.5 Å². The number of carbonyl (C=O) groups excluding carboxylic acids is 2. The lowest BCUT2D eigenvalue weighted by molar-refractivity contribution is 0.0551. The lowest BCUT2D eigenvalue weighted by Crippen LogP contribution is -2.27. The fourth-order valence-corrected chi connectivity index (χ4v) is 2.64.